The number of aryl methyl sites for hydroxylation is 1. The van der Waals surface area contributed by atoms with E-state index in [-0.39, 0.29) is 11.6 Å². The number of aromatic amines is 1. The molecule has 0 aliphatic rings. The van der Waals surface area contributed by atoms with Crippen LogP contribution >= 0.6 is 0 Å². The highest BCUT2D eigenvalue weighted by atomic mass is 16.2. The molecule has 0 fully saturated rings. The van der Waals surface area contributed by atoms with E-state index in [1.54, 1.807) is 0 Å². The second-order valence-corrected chi connectivity index (χ2v) is 4.71. The van der Waals surface area contributed by atoms with Crippen LogP contribution in [0.3, 0.4) is 0 Å². The highest BCUT2D eigenvalue weighted by molar-refractivity contribution is 6.06. The number of nitrogens with zero attached hydrogens (tertiary/aromatic N) is 2. The van der Waals surface area contributed by atoms with Crippen molar-refractivity contribution in [1.82, 2.24) is 10.2 Å². The number of carbonyl (C=O) groups is 1. The Morgan fingerprint density at radius 3 is 2.50 bits per heavy atom. The van der Waals surface area contributed by atoms with Crippen LogP contribution in [0.25, 0.3) is 0 Å². The van der Waals surface area contributed by atoms with Crippen molar-refractivity contribution in [3.8, 4) is 0 Å². The molecule has 1 amide bonds. The van der Waals surface area contributed by atoms with Crippen molar-refractivity contribution in [2.45, 2.75) is 13.3 Å². The van der Waals surface area contributed by atoms with Crippen molar-refractivity contribution < 1.29 is 4.79 Å². The second kappa shape index (κ2) is 5.64. The fourth-order valence-corrected chi connectivity index (χ4v) is 1.86. The second-order valence-electron chi connectivity index (χ2n) is 4.71. The zero-order valence-corrected chi connectivity index (χ0v) is 11.9. The minimum Gasteiger partial charge on any atom is -0.395 e. The van der Waals surface area contributed by atoms with Gasteiger partial charge in [0.05, 0.1) is 11.4 Å². The van der Waals surface area contributed by atoms with Gasteiger partial charge >= 0.3 is 0 Å². The first-order chi connectivity index (χ1) is 9.52. The monoisotopic (exact) mass is 273 g/mol. The van der Waals surface area contributed by atoms with Crippen LogP contribution < -0.4 is 16.0 Å². The Morgan fingerprint density at radius 1 is 1.35 bits per heavy atom. The Morgan fingerprint density at radius 2 is 2.00 bits per heavy atom. The molecule has 6 heteroatoms. The average molecular weight is 273 g/mol. The van der Waals surface area contributed by atoms with Gasteiger partial charge in [-0.1, -0.05) is 6.92 Å². The molecule has 6 nitrogen and oxygen atoms in total. The Kier molecular flexibility index (Phi) is 3.93. The van der Waals surface area contributed by atoms with Gasteiger partial charge in [-0.3, -0.25) is 9.89 Å². The maximum Gasteiger partial charge on any atom is 0.278 e. The maximum absolute atomic E-state index is 12.1. The van der Waals surface area contributed by atoms with Crippen molar-refractivity contribution in [1.29, 1.82) is 0 Å². The summed E-state index contributed by atoms with van der Waals surface area (Å²) in [6.45, 7) is 1.95. The molecule has 0 unspecified atom stereocenters. The first kappa shape index (κ1) is 13.9. The quantitative estimate of drug-likeness (QED) is 0.793. The molecule has 0 atom stereocenters. The predicted molar refractivity (Wildman–Crippen MR) is 81.1 cm³/mol. The van der Waals surface area contributed by atoms with E-state index >= 15 is 0 Å². The summed E-state index contributed by atoms with van der Waals surface area (Å²) in [6, 6.07) is 7.55. The molecule has 0 saturated carbocycles. The molecular weight excluding hydrogens is 254 g/mol. The van der Waals surface area contributed by atoms with Gasteiger partial charge in [-0.25, -0.2) is 0 Å². The Bertz CT molecular complexity index is 601. The van der Waals surface area contributed by atoms with Gasteiger partial charge in [-0.2, -0.15) is 5.10 Å². The van der Waals surface area contributed by atoms with Crippen LogP contribution in [-0.2, 0) is 6.42 Å². The van der Waals surface area contributed by atoms with Gasteiger partial charge < -0.3 is 16.0 Å². The van der Waals surface area contributed by atoms with Gasteiger partial charge in [0.1, 0.15) is 0 Å². The van der Waals surface area contributed by atoms with Crippen LogP contribution in [0.2, 0.25) is 0 Å². The number of nitrogens with one attached hydrogen (secondary N) is 2. The number of benzene rings is 1. The van der Waals surface area contributed by atoms with E-state index in [2.05, 4.69) is 15.5 Å². The van der Waals surface area contributed by atoms with Gasteiger partial charge in [0.25, 0.3) is 5.91 Å². The Labute approximate surface area is 118 Å². The van der Waals surface area contributed by atoms with E-state index in [1.807, 2.05) is 50.2 Å². The summed E-state index contributed by atoms with van der Waals surface area (Å²) in [5.41, 5.74) is 9.07. The standard InChI is InChI=1S/C14H19N5O/c1-4-11-12(15)13(18-17-11)14(20)16-9-5-7-10(8-6-9)19(2)3/h5-8H,4,15H2,1-3H3,(H,16,20)(H,17,18). The first-order valence-corrected chi connectivity index (χ1v) is 6.44. The molecule has 1 aromatic heterocycles. The lowest BCUT2D eigenvalue weighted by molar-refractivity contribution is 0.102. The third kappa shape index (κ3) is 2.74. The number of aromatic nitrogens is 2. The summed E-state index contributed by atoms with van der Waals surface area (Å²) < 4.78 is 0. The summed E-state index contributed by atoms with van der Waals surface area (Å²) in [5.74, 6) is -0.309. The lowest BCUT2D eigenvalue weighted by atomic mass is 10.2. The molecule has 106 valence electrons. The number of nitrogens with two attached hydrogens (primary N) is 1. The molecule has 0 radical (unpaired) electrons. The van der Waals surface area contributed by atoms with Gasteiger partial charge in [0, 0.05) is 25.5 Å². The highest BCUT2D eigenvalue weighted by Gasteiger charge is 2.16. The molecule has 0 bridgehead atoms. The van der Waals surface area contributed by atoms with Gasteiger partial charge in [0.2, 0.25) is 0 Å². The first-order valence-electron chi connectivity index (χ1n) is 6.44. The molecule has 0 aliphatic heterocycles. The summed E-state index contributed by atoms with van der Waals surface area (Å²) in [4.78, 5) is 14.1. The molecule has 20 heavy (non-hydrogen) atoms. The van der Waals surface area contributed by atoms with Crippen LogP contribution in [0.15, 0.2) is 24.3 Å². The van der Waals surface area contributed by atoms with Crippen molar-refractivity contribution in [3.05, 3.63) is 35.7 Å². The molecular formula is C14H19N5O. The number of hydrogen-bond acceptors (Lipinski definition) is 4. The number of hydrogen-bond donors (Lipinski definition) is 3. The van der Waals surface area contributed by atoms with E-state index in [9.17, 15) is 4.79 Å². The van der Waals surface area contributed by atoms with E-state index in [0.717, 1.165) is 11.4 Å². The number of nitrogen functional groups attached to an aromatic ring is 1. The lowest BCUT2D eigenvalue weighted by Crippen LogP contribution is -2.14. The summed E-state index contributed by atoms with van der Waals surface area (Å²) >= 11 is 0. The molecule has 4 N–H and O–H groups in total. The average Bonchev–Trinajstić information content (AvgIpc) is 2.80. The molecule has 0 aliphatic carbocycles. The van der Waals surface area contributed by atoms with Crippen molar-refractivity contribution in [2.24, 2.45) is 0 Å². The smallest absolute Gasteiger partial charge is 0.278 e. The SMILES string of the molecule is CCc1[nH]nc(C(=O)Nc2ccc(N(C)C)cc2)c1N. The van der Waals surface area contributed by atoms with Gasteiger partial charge in [-0.15, -0.1) is 0 Å². The molecule has 0 saturated heterocycles. The zero-order valence-electron chi connectivity index (χ0n) is 11.9. The third-order valence-corrected chi connectivity index (χ3v) is 3.09. The molecule has 2 rings (SSSR count). The number of H-pyrrole nitrogens is 1. The van der Waals surface area contributed by atoms with Crippen LogP contribution in [0.5, 0.6) is 0 Å². The van der Waals surface area contributed by atoms with Crippen molar-refractivity contribution in [2.75, 3.05) is 30.0 Å². The fourth-order valence-electron chi connectivity index (χ4n) is 1.86. The molecule has 1 aromatic carbocycles. The Hall–Kier alpha value is -2.50. The maximum atomic E-state index is 12.1. The predicted octanol–water partition coefficient (Wildman–Crippen LogP) is 1.87. The largest absolute Gasteiger partial charge is 0.395 e. The third-order valence-electron chi connectivity index (χ3n) is 3.09. The Balaban J connectivity index is 2.13. The summed E-state index contributed by atoms with van der Waals surface area (Å²) in [7, 11) is 3.93. The normalized spacial score (nSPS) is 10.3. The fraction of sp³-hybridized carbons (Fsp3) is 0.286. The minimum atomic E-state index is -0.309. The summed E-state index contributed by atoms with van der Waals surface area (Å²) in [6.07, 6.45) is 0.712. The topological polar surface area (TPSA) is 87.0 Å². The van der Waals surface area contributed by atoms with Crippen molar-refractivity contribution in [3.63, 3.8) is 0 Å². The van der Waals surface area contributed by atoms with Crippen LogP contribution in [-0.4, -0.2) is 30.2 Å². The minimum absolute atomic E-state index is 0.235. The van der Waals surface area contributed by atoms with Crippen molar-refractivity contribution >= 4 is 23.0 Å². The van der Waals surface area contributed by atoms with Gasteiger partial charge in [0.15, 0.2) is 5.69 Å². The number of anilines is 3. The number of rotatable bonds is 4. The number of amides is 1. The number of carbonyl (C=O) groups excluding carboxylic acids is 1. The van der Waals surface area contributed by atoms with Crippen LogP contribution in [0, 0.1) is 0 Å². The molecule has 0 spiro atoms. The van der Waals surface area contributed by atoms with E-state index < -0.39 is 0 Å². The lowest BCUT2D eigenvalue weighted by Gasteiger charge is -2.12. The van der Waals surface area contributed by atoms with Crippen LogP contribution in [0.1, 0.15) is 23.1 Å². The highest BCUT2D eigenvalue weighted by Crippen LogP contribution is 2.19. The molecule has 2 aromatic rings. The van der Waals surface area contributed by atoms with Gasteiger partial charge in [-0.05, 0) is 30.7 Å². The van der Waals surface area contributed by atoms with E-state index in [4.69, 9.17) is 5.73 Å². The summed E-state index contributed by atoms with van der Waals surface area (Å²) in [5, 5.41) is 9.51. The zero-order chi connectivity index (χ0) is 14.7. The molecule has 1 heterocycles. The van der Waals surface area contributed by atoms with E-state index in [0.29, 0.717) is 17.8 Å². The van der Waals surface area contributed by atoms with E-state index in [1.165, 1.54) is 0 Å². The van der Waals surface area contributed by atoms with Crippen LogP contribution in [0.4, 0.5) is 17.1 Å².